The highest BCUT2D eigenvalue weighted by molar-refractivity contribution is 9.10. The Hall–Kier alpha value is -2.21. The van der Waals surface area contributed by atoms with Gasteiger partial charge in [-0.3, -0.25) is 9.59 Å². The highest BCUT2D eigenvalue weighted by atomic mass is 79.9. The summed E-state index contributed by atoms with van der Waals surface area (Å²) in [4.78, 5) is 25.4. The predicted octanol–water partition coefficient (Wildman–Crippen LogP) is 3.22. The first kappa shape index (κ1) is 17.1. The third-order valence-electron chi connectivity index (χ3n) is 3.24. The summed E-state index contributed by atoms with van der Waals surface area (Å²) >= 11 is 3.17. The predicted molar refractivity (Wildman–Crippen MR) is 89.7 cm³/mol. The third kappa shape index (κ3) is 4.39. The average molecular weight is 379 g/mol. The van der Waals surface area contributed by atoms with Crippen LogP contribution in [0.1, 0.15) is 26.3 Å². The molecule has 0 unspecified atom stereocenters. The van der Waals surface area contributed by atoms with E-state index in [0.29, 0.717) is 22.1 Å². The van der Waals surface area contributed by atoms with Crippen molar-refractivity contribution >= 4 is 27.7 Å². The van der Waals surface area contributed by atoms with Gasteiger partial charge in [0.1, 0.15) is 5.82 Å². The van der Waals surface area contributed by atoms with E-state index >= 15 is 0 Å². The molecule has 0 saturated heterocycles. The Labute approximate surface area is 142 Å². The lowest BCUT2D eigenvalue weighted by molar-refractivity contribution is 0.0827. The van der Waals surface area contributed by atoms with Crippen LogP contribution in [-0.2, 0) is 6.54 Å². The molecule has 0 atom stereocenters. The van der Waals surface area contributed by atoms with E-state index in [1.54, 1.807) is 38.4 Å². The average Bonchev–Trinajstić information content (AvgIpc) is 2.52. The fraction of sp³-hybridized carbons (Fsp3) is 0.176. The first-order chi connectivity index (χ1) is 10.9. The molecule has 120 valence electrons. The normalized spacial score (nSPS) is 10.3. The summed E-state index contributed by atoms with van der Waals surface area (Å²) in [5, 5.41) is 2.76. The van der Waals surface area contributed by atoms with Gasteiger partial charge in [0.2, 0.25) is 0 Å². The molecule has 0 bridgehead atoms. The second-order valence-electron chi connectivity index (χ2n) is 5.20. The number of nitrogens with zero attached hydrogens (tertiary/aromatic N) is 1. The largest absolute Gasteiger partial charge is 0.348 e. The number of rotatable bonds is 4. The highest BCUT2D eigenvalue weighted by Crippen LogP contribution is 2.18. The Bertz CT molecular complexity index is 730. The van der Waals surface area contributed by atoms with Crippen molar-refractivity contribution in [1.82, 2.24) is 10.2 Å². The number of nitrogens with one attached hydrogen (secondary N) is 1. The lowest BCUT2D eigenvalue weighted by Crippen LogP contribution is -2.23. The lowest BCUT2D eigenvalue weighted by atomic mass is 10.1. The molecule has 0 aromatic heterocycles. The van der Waals surface area contributed by atoms with Crippen molar-refractivity contribution < 1.29 is 14.0 Å². The smallest absolute Gasteiger partial charge is 0.253 e. The van der Waals surface area contributed by atoms with Gasteiger partial charge in [-0.1, -0.05) is 12.1 Å². The van der Waals surface area contributed by atoms with Gasteiger partial charge >= 0.3 is 0 Å². The molecule has 0 heterocycles. The van der Waals surface area contributed by atoms with Crippen LogP contribution < -0.4 is 5.32 Å². The molecule has 23 heavy (non-hydrogen) atoms. The summed E-state index contributed by atoms with van der Waals surface area (Å²) < 4.78 is 13.4. The van der Waals surface area contributed by atoms with E-state index < -0.39 is 5.82 Å². The number of hydrogen-bond acceptors (Lipinski definition) is 2. The minimum absolute atomic E-state index is 0.0733. The molecular formula is C17H16BrFN2O2. The van der Waals surface area contributed by atoms with Crippen molar-refractivity contribution in [2.45, 2.75) is 6.54 Å². The summed E-state index contributed by atoms with van der Waals surface area (Å²) in [7, 11) is 3.38. The van der Waals surface area contributed by atoms with Gasteiger partial charge in [-0.25, -0.2) is 4.39 Å². The van der Waals surface area contributed by atoms with Gasteiger partial charge in [0.25, 0.3) is 11.8 Å². The van der Waals surface area contributed by atoms with Crippen LogP contribution in [0.25, 0.3) is 0 Å². The molecule has 2 aromatic rings. The van der Waals surface area contributed by atoms with Crippen LogP contribution in [0.4, 0.5) is 4.39 Å². The SMILES string of the molecule is CN(C)C(=O)c1ccc(CNC(=O)c2ccc(F)cc2Br)cc1. The molecule has 2 amide bonds. The zero-order valence-corrected chi connectivity index (χ0v) is 14.4. The summed E-state index contributed by atoms with van der Waals surface area (Å²) in [6.45, 7) is 0.319. The molecule has 4 nitrogen and oxygen atoms in total. The van der Waals surface area contributed by atoms with Gasteiger partial charge < -0.3 is 10.2 Å². The highest BCUT2D eigenvalue weighted by Gasteiger charge is 2.11. The molecule has 0 spiro atoms. The number of carbonyl (C=O) groups is 2. The molecule has 0 radical (unpaired) electrons. The van der Waals surface area contributed by atoms with E-state index in [4.69, 9.17) is 0 Å². The molecule has 0 fully saturated rings. The quantitative estimate of drug-likeness (QED) is 0.887. The molecule has 1 N–H and O–H groups in total. The number of halogens is 2. The molecule has 0 aliphatic carbocycles. The summed E-state index contributed by atoms with van der Waals surface area (Å²) in [5.74, 6) is -0.782. The maximum atomic E-state index is 13.0. The Morgan fingerprint density at radius 1 is 1.13 bits per heavy atom. The van der Waals surface area contributed by atoms with Crippen LogP contribution in [0, 0.1) is 5.82 Å². The van der Waals surface area contributed by atoms with E-state index in [9.17, 15) is 14.0 Å². The van der Waals surface area contributed by atoms with Crippen molar-refractivity contribution in [3.8, 4) is 0 Å². The molecule has 2 aromatic carbocycles. The summed E-state index contributed by atoms with van der Waals surface area (Å²) in [6.07, 6.45) is 0. The van der Waals surface area contributed by atoms with Crippen LogP contribution in [0.5, 0.6) is 0 Å². The van der Waals surface area contributed by atoms with E-state index in [-0.39, 0.29) is 11.8 Å². The zero-order chi connectivity index (χ0) is 17.0. The molecular weight excluding hydrogens is 363 g/mol. The minimum atomic E-state index is -0.408. The van der Waals surface area contributed by atoms with Gasteiger partial charge in [0.05, 0.1) is 5.56 Å². The Balaban J connectivity index is 2.00. The molecule has 0 aliphatic heterocycles. The van der Waals surface area contributed by atoms with E-state index in [0.717, 1.165) is 5.56 Å². The zero-order valence-electron chi connectivity index (χ0n) is 12.8. The van der Waals surface area contributed by atoms with Crippen LogP contribution >= 0.6 is 15.9 Å². The summed E-state index contributed by atoms with van der Waals surface area (Å²) in [5.41, 5.74) is 1.82. The van der Waals surface area contributed by atoms with Crippen LogP contribution in [0.15, 0.2) is 46.9 Å². The van der Waals surface area contributed by atoms with E-state index in [2.05, 4.69) is 21.2 Å². The first-order valence-corrected chi connectivity index (χ1v) is 7.71. The van der Waals surface area contributed by atoms with Gasteiger partial charge in [0.15, 0.2) is 0 Å². The lowest BCUT2D eigenvalue weighted by Gasteiger charge is -2.11. The van der Waals surface area contributed by atoms with Gasteiger partial charge in [-0.15, -0.1) is 0 Å². The van der Waals surface area contributed by atoms with Crippen molar-refractivity contribution in [2.24, 2.45) is 0 Å². The molecule has 6 heteroatoms. The maximum absolute atomic E-state index is 13.0. The molecule has 2 rings (SSSR count). The van der Waals surface area contributed by atoms with Gasteiger partial charge in [-0.2, -0.15) is 0 Å². The Morgan fingerprint density at radius 3 is 2.35 bits per heavy atom. The van der Waals surface area contributed by atoms with Crippen LogP contribution in [-0.4, -0.2) is 30.8 Å². The standard InChI is InChI=1S/C17H16BrFN2O2/c1-21(2)17(23)12-5-3-11(4-6-12)10-20-16(22)14-8-7-13(19)9-15(14)18/h3-9H,10H2,1-2H3,(H,20,22). The van der Waals surface area contributed by atoms with Crippen LogP contribution in [0.2, 0.25) is 0 Å². The fourth-order valence-electron chi connectivity index (χ4n) is 1.97. The maximum Gasteiger partial charge on any atom is 0.253 e. The van der Waals surface area contributed by atoms with Crippen molar-refractivity contribution in [1.29, 1.82) is 0 Å². The van der Waals surface area contributed by atoms with E-state index in [1.165, 1.54) is 23.1 Å². The molecule has 0 saturated carbocycles. The number of carbonyl (C=O) groups excluding carboxylic acids is 2. The van der Waals surface area contributed by atoms with Gasteiger partial charge in [0, 0.05) is 30.7 Å². The fourth-order valence-corrected chi connectivity index (χ4v) is 2.51. The van der Waals surface area contributed by atoms with Crippen molar-refractivity contribution in [3.05, 3.63) is 69.4 Å². The number of amides is 2. The topological polar surface area (TPSA) is 49.4 Å². The third-order valence-corrected chi connectivity index (χ3v) is 3.89. The molecule has 0 aliphatic rings. The van der Waals surface area contributed by atoms with Crippen molar-refractivity contribution in [2.75, 3.05) is 14.1 Å². The second-order valence-corrected chi connectivity index (χ2v) is 6.06. The summed E-state index contributed by atoms with van der Waals surface area (Å²) in [6, 6.07) is 10.9. The van der Waals surface area contributed by atoms with Gasteiger partial charge in [-0.05, 0) is 51.8 Å². The van der Waals surface area contributed by atoms with Crippen molar-refractivity contribution in [3.63, 3.8) is 0 Å². The second kappa shape index (κ2) is 7.37. The Morgan fingerprint density at radius 2 is 1.78 bits per heavy atom. The Kier molecular flexibility index (Phi) is 5.50. The first-order valence-electron chi connectivity index (χ1n) is 6.92. The minimum Gasteiger partial charge on any atom is -0.348 e. The monoisotopic (exact) mass is 378 g/mol. The van der Waals surface area contributed by atoms with E-state index in [1.807, 2.05) is 0 Å². The van der Waals surface area contributed by atoms with Crippen LogP contribution in [0.3, 0.4) is 0 Å². The number of benzene rings is 2. The number of hydrogen-bond donors (Lipinski definition) is 1.